The van der Waals surface area contributed by atoms with E-state index in [4.69, 9.17) is 4.74 Å². The lowest BCUT2D eigenvalue weighted by atomic mass is 9.89. The summed E-state index contributed by atoms with van der Waals surface area (Å²) in [5, 5.41) is 3.48. The molecule has 0 aromatic heterocycles. The molecule has 0 bridgehead atoms. The molecule has 2 heteroatoms. The second-order valence-electron chi connectivity index (χ2n) is 6.26. The first-order valence-electron chi connectivity index (χ1n) is 8.17. The number of aryl methyl sites for hydroxylation is 1. The maximum atomic E-state index is 6.11. The summed E-state index contributed by atoms with van der Waals surface area (Å²) in [7, 11) is 0. The molecule has 0 aliphatic heterocycles. The van der Waals surface area contributed by atoms with Gasteiger partial charge in [-0.1, -0.05) is 38.1 Å². The van der Waals surface area contributed by atoms with Crippen molar-refractivity contribution in [2.45, 2.75) is 52.1 Å². The second kappa shape index (κ2) is 8.43. The Kier molecular flexibility index (Phi) is 6.55. The van der Waals surface area contributed by atoms with E-state index < -0.39 is 0 Å². The third-order valence-corrected chi connectivity index (χ3v) is 3.93. The summed E-state index contributed by atoms with van der Waals surface area (Å²) in [6.45, 7) is 7.62. The molecule has 1 atom stereocenters. The summed E-state index contributed by atoms with van der Waals surface area (Å²) >= 11 is 0. The highest BCUT2D eigenvalue weighted by Gasteiger charge is 2.19. The summed E-state index contributed by atoms with van der Waals surface area (Å²) in [6, 6.07) is 8.77. The van der Waals surface area contributed by atoms with Crippen LogP contribution < -0.4 is 5.32 Å². The minimum Gasteiger partial charge on any atom is -0.374 e. The standard InChI is InChI=1S/C18H29NO/c1-15(2)14-19-12-5-6-13-20-18-11-7-9-16-8-3-4-10-17(16)18/h3-4,8,10,15,18-19H,5-7,9,11-14H2,1-2H3. The van der Waals surface area contributed by atoms with Gasteiger partial charge in [-0.3, -0.25) is 0 Å². The summed E-state index contributed by atoms with van der Waals surface area (Å²) in [5.41, 5.74) is 2.92. The molecule has 1 unspecified atom stereocenters. The molecule has 1 aliphatic carbocycles. The number of rotatable bonds is 8. The molecule has 0 saturated heterocycles. The Morgan fingerprint density at radius 1 is 1.25 bits per heavy atom. The van der Waals surface area contributed by atoms with Gasteiger partial charge in [0.05, 0.1) is 6.10 Å². The van der Waals surface area contributed by atoms with Crippen LogP contribution in [0.4, 0.5) is 0 Å². The van der Waals surface area contributed by atoms with Gasteiger partial charge >= 0.3 is 0 Å². The topological polar surface area (TPSA) is 21.3 Å². The van der Waals surface area contributed by atoms with E-state index in [0.29, 0.717) is 6.10 Å². The summed E-state index contributed by atoms with van der Waals surface area (Å²) < 4.78 is 6.11. The fourth-order valence-corrected chi connectivity index (χ4v) is 2.85. The minimum absolute atomic E-state index is 0.337. The van der Waals surface area contributed by atoms with Gasteiger partial charge in [0.2, 0.25) is 0 Å². The first kappa shape index (κ1) is 15.5. The van der Waals surface area contributed by atoms with Gasteiger partial charge in [0.15, 0.2) is 0 Å². The lowest BCUT2D eigenvalue weighted by Crippen LogP contribution is -2.21. The number of ether oxygens (including phenoxy) is 1. The number of fused-ring (bicyclic) bond motifs is 1. The van der Waals surface area contributed by atoms with Crippen molar-refractivity contribution in [3.8, 4) is 0 Å². The van der Waals surface area contributed by atoms with Gasteiger partial charge in [0.25, 0.3) is 0 Å². The van der Waals surface area contributed by atoms with Crippen molar-refractivity contribution >= 4 is 0 Å². The van der Waals surface area contributed by atoms with E-state index in [1.54, 1.807) is 0 Å². The number of unbranched alkanes of at least 4 members (excludes halogenated alkanes) is 1. The second-order valence-corrected chi connectivity index (χ2v) is 6.26. The molecule has 0 heterocycles. The predicted octanol–water partition coefficient (Wildman–Crippen LogP) is 4.11. The molecule has 0 saturated carbocycles. The molecule has 2 nitrogen and oxygen atoms in total. The number of hydrogen-bond acceptors (Lipinski definition) is 2. The third-order valence-electron chi connectivity index (χ3n) is 3.93. The molecule has 0 fully saturated rings. The molecule has 112 valence electrons. The van der Waals surface area contributed by atoms with E-state index in [1.807, 2.05) is 0 Å². The Morgan fingerprint density at radius 3 is 2.95 bits per heavy atom. The smallest absolute Gasteiger partial charge is 0.0827 e. The average Bonchev–Trinajstić information content (AvgIpc) is 2.46. The minimum atomic E-state index is 0.337. The third kappa shape index (κ3) is 4.92. The Morgan fingerprint density at radius 2 is 2.10 bits per heavy atom. The fourth-order valence-electron chi connectivity index (χ4n) is 2.85. The van der Waals surface area contributed by atoms with Crippen molar-refractivity contribution in [2.75, 3.05) is 19.7 Å². The molecule has 1 aromatic rings. The molecule has 1 aromatic carbocycles. The summed E-state index contributed by atoms with van der Waals surface area (Å²) in [4.78, 5) is 0. The van der Waals surface area contributed by atoms with Gasteiger partial charge in [0.1, 0.15) is 0 Å². The van der Waals surface area contributed by atoms with Gasteiger partial charge < -0.3 is 10.1 Å². The van der Waals surface area contributed by atoms with Gasteiger partial charge in [-0.15, -0.1) is 0 Å². The van der Waals surface area contributed by atoms with Crippen LogP contribution in [0.1, 0.15) is 56.8 Å². The van der Waals surface area contributed by atoms with Crippen LogP contribution in [-0.4, -0.2) is 19.7 Å². The molecular weight excluding hydrogens is 246 g/mol. The molecule has 1 N–H and O–H groups in total. The van der Waals surface area contributed by atoms with E-state index in [2.05, 4.69) is 43.4 Å². The highest BCUT2D eigenvalue weighted by Crippen LogP contribution is 2.32. The van der Waals surface area contributed by atoms with E-state index in [0.717, 1.165) is 32.0 Å². The van der Waals surface area contributed by atoms with Gasteiger partial charge in [0, 0.05) is 6.61 Å². The van der Waals surface area contributed by atoms with Crippen LogP contribution in [0, 0.1) is 5.92 Å². The Balaban J connectivity index is 1.63. The van der Waals surface area contributed by atoms with Crippen LogP contribution in [-0.2, 0) is 11.2 Å². The normalized spacial score (nSPS) is 18.2. The van der Waals surface area contributed by atoms with Crippen molar-refractivity contribution in [2.24, 2.45) is 5.92 Å². The van der Waals surface area contributed by atoms with E-state index in [-0.39, 0.29) is 0 Å². The molecule has 0 spiro atoms. The van der Waals surface area contributed by atoms with Crippen molar-refractivity contribution in [3.63, 3.8) is 0 Å². The predicted molar refractivity (Wildman–Crippen MR) is 85.0 cm³/mol. The molecule has 2 rings (SSSR count). The fraction of sp³-hybridized carbons (Fsp3) is 0.667. The quantitative estimate of drug-likeness (QED) is 0.721. The van der Waals surface area contributed by atoms with Crippen LogP contribution in [0.15, 0.2) is 24.3 Å². The van der Waals surface area contributed by atoms with Gasteiger partial charge in [-0.25, -0.2) is 0 Å². The molecule has 0 amide bonds. The first-order valence-corrected chi connectivity index (χ1v) is 8.17. The summed E-state index contributed by atoms with van der Waals surface area (Å²) in [6.07, 6.45) is 6.36. The van der Waals surface area contributed by atoms with E-state index >= 15 is 0 Å². The van der Waals surface area contributed by atoms with Crippen LogP contribution in [0.3, 0.4) is 0 Å². The van der Waals surface area contributed by atoms with Crippen molar-refractivity contribution in [3.05, 3.63) is 35.4 Å². The van der Waals surface area contributed by atoms with Crippen molar-refractivity contribution in [1.29, 1.82) is 0 Å². The zero-order valence-electron chi connectivity index (χ0n) is 13.0. The lowest BCUT2D eigenvalue weighted by molar-refractivity contribution is 0.0385. The average molecular weight is 275 g/mol. The maximum Gasteiger partial charge on any atom is 0.0827 e. The zero-order valence-corrected chi connectivity index (χ0v) is 13.0. The van der Waals surface area contributed by atoms with E-state index in [1.165, 1.54) is 36.8 Å². The molecule has 0 radical (unpaired) electrons. The monoisotopic (exact) mass is 275 g/mol. The maximum absolute atomic E-state index is 6.11. The SMILES string of the molecule is CC(C)CNCCCCOC1CCCc2ccccc21. The van der Waals surface area contributed by atoms with Gasteiger partial charge in [-0.2, -0.15) is 0 Å². The molecular formula is C18H29NO. The Bertz CT molecular complexity index is 389. The van der Waals surface area contributed by atoms with Crippen molar-refractivity contribution in [1.82, 2.24) is 5.32 Å². The van der Waals surface area contributed by atoms with Crippen LogP contribution in [0.5, 0.6) is 0 Å². The lowest BCUT2D eigenvalue weighted by Gasteiger charge is -2.25. The van der Waals surface area contributed by atoms with Crippen LogP contribution >= 0.6 is 0 Å². The molecule has 1 aliphatic rings. The van der Waals surface area contributed by atoms with Crippen LogP contribution in [0.25, 0.3) is 0 Å². The van der Waals surface area contributed by atoms with Crippen molar-refractivity contribution < 1.29 is 4.74 Å². The number of hydrogen-bond donors (Lipinski definition) is 1. The van der Waals surface area contributed by atoms with Crippen LogP contribution in [0.2, 0.25) is 0 Å². The Labute approximate surface area is 123 Å². The summed E-state index contributed by atoms with van der Waals surface area (Å²) in [5.74, 6) is 0.741. The zero-order chi connectivity index (χ0) is 14.2. The van der Waals surface area contributed by atoms with Gasteiger partial charge in [-0.05, 0) is 62.2 Å². The molecule has 20 heavy (non-hydrogen) atoms. The van der Waals surface area contributed by atoms with E-state index in [9.17, 15) is 0 Å². The largest absolute Gasteiger partial charge is 0.374 e. The number of benzene rings is 1. The number of nitrogens with one attached hydrogen (secondary N) is 1. The highest BCUT2D eigenvalue weighted by atomic mass is 16.5. The Hall–Kier alpha value is -0.860. The highest BCUT2D eigenvalue weighted by molar-refractivity contribution is 5.31. The first-order chi connectivity index (χ1) is 9.77.